The monoisotopic (exact) mass is 487 g/mol. The molecule has 1 aliphatic heterocycles. The van der Waals surface area contributed by atoms with E-state index in [1.54, 1.807) is 38.1 Å². The van der Waals surface area contributed by atoms with Gasteiger partial charge in [0.2, 0.25) is 0 Å². The van der Waals surface area contributed by atoms with E-state index in [-0.39, 0.29) is 34.7 Å². The van der Waals surface area contributed by atoms with E-state index in [0.717, 1.165) is 4.90 Å². The summed E-state index contributed by atoms with van der Waals surface area (Å²) in [5, 5.41) is 11.8. The van der Waals surface area contributed by atoms with Gasteiger partial charge in [-0.25, -0.2) is 4.79 Å². The Balaban J connectivity index is 1.86. The van der Waals surface area contributed by atoms with Crippen molar-refractivity contribution < 1.29 is 28.7 Å². The van der Waals surface area contributed by atoms with Gasteiger partial charge in [0, 0.05) is 6.54 Å². The normalized spacial score (nSPS) is 13.6. The highest BCUT2D eigenvalue weighted by Gasteiger charge is 2.45. The molecule has 0 aromatic heterocycles. The van der Waals surface area contributed by atoms with Crippen molar-refractivity contribution in [3.63, 3.8) is 0 Å². The first-order valence-electron chi connectivity index (χ1n) is 11.1. The quantitative estimate of drug-likeness (QED) is 0.144. The first kappa shape index (κ1) is 25.9. The Labute approximate surface area is 208 Å². The summed E-state index contributed by atoms with van der Waals surface area (Å²) in [5.74, 6) is -2.70. The highest BCUT2D eigenvalue weighted by atomic mass is 16.6. The summed E-state index contributed by atoms with van der Waals surface area (Å²) in [6.45, 7) is 7.14. The van der Waals surface area contributed by atoms with Gasteiger partial charge in [0.05, 0.1) is 18.2 Å². The van der Waals surface area contributed by atoms with Crippen molar-refractivity contribution in [2.45, 2.75) is 19.9 Å². The molecule has 0 fully saturated rings. The van der Waals surface area contributed by atoms with Crippen LogP contribution in [0.5, 0.6) is 11.5 Å². The Bertz CT molecular complexity index is 1270. The molecule has 3 amide bonds. The number of methoxy groups -OCH3 is 1. The third-order valence-electron chi connectivity index (χ3n) is 5.46. The molecule has 1 atom stereocenters. The van der Waals surface area contributed by atoms with E-state index in [0.29, 0.717) is 5.56 Å². The lowest BCUT2D eigenvalue weighted by molar-refractivity contribution is -0.140. The molecule has 0 aliphatic carbocycles. The molecule has 2 aromatic carbocycles. The summed E-state index contributed by atoms with van der Waals surface area (Å²) in [6.07, 6.45) is 2.85. The zero-order valence-electron chi connectivity index (χ0n) is 20.1. The van der Waals surface area contributed by atoms with E-state index in [1.165, 1.54) is 37.5 Å². The third kappa shape index (κ3) is 5.18. The van der Waals surface area contributed by atoms with Crippen LogP contribution >= 0.6 is 0 Å². The standard InChI is InChI=1S/C27H25N3O6/c1-5-12-29-24(31)18(15-28)13-17-10-11-21(22(14-17)35-4)36-27(34)23(16(2)3)30-25(32)19-8-6-7-9-20(19)26(30)33/h5-11,13-14,16,23H,1,12H2,2-4H3,(H,29,31)/b18-13+/t23-/m0/s1. The summed E-state index contributed by atoms with van der Waals surface area (Å²) in [4.78, 5) is 52.1. The van der Waals surface area contributed by atoms with Crippen molar-refractivity contribution in [1.82, 2.24) is 10.2 Å². The summed E-state index contributed by atoms with van der Waals surface area (Å²) in [5.41, 5.74) is 0.798. The Morgan fingerprint density at radius 2 is 1.75 bits per heavy atom. The number of imide groups is 1. The van der Waals surface area contributed by atoms with E-state index in [9.17, 15) is 24.4 Å². The Morgan fingerprint density at radius 1 is 1.11 bits per heavy atom. The molecule has 3 rings (SSSR count). The molecule has 9 nitrogen and oxygen atoms in total. The number of fused-ring (bicyclic) bond motifs is 1. The minimum atomic E-state index is -1.17. The fourth-order valence-electron chi connectivity index (χ4n) is 3.74. The summed E-state index contributed by atoms with van der Waals surface area (Å²) >= 11 is 0. The average Bonchev–Trinajstić information content (AvgIpc) is 3.11. The Kier molecular flexibility index (Phi) is 8.02. The van der Waals surface area contributed by atoms with Crippen LogP contribution in [0.1, 0.15) is 40.1 Å². The number of hydrogen-bond donors (Lipinski definition) is 1. The second-order valence-electron chi connectivity index (χ2n) is 8.21. The second-order valence-corrected chi connectivity index (χ2v) is 8.21. The van der Waals surface area contributed by atoms with Gasteiger partial charge in [-0.1, -0.05) is 38.1 Å². The molecule has 0 spiro atoms. The maximum Gasteiger partial charge on any atom is 0.335 e. The van der Waals surface area contributed by atoms with E-state index < -0.39 is 35.7 Å². The van der Waals surface area contributed by atoms with E-state index >= 15 is 0 Å². The van der Waals surface area contributed by atoms with Crippen LogP contribution in [0.25, 0.3) is 6.08 Å². The molecular weight excluding hydrogens is 462 g/mol. The van der Waals surface area contributed by atoms with Crippen LogP contribution in [-0.4, -0.2) is 48.3 Å². The highest BCUT2D eigenvalue weighted by Crippen LogP contribution is 2.32. The van der Waals surface area contributed by atoms with Gasteiger partial charge in [0.1, 0.15) is 17.7 Å². The van der Waals surface area contributed by atoms with Gasteiger partial charge >= 0.3 is 5.97 Å². The number of rotatable bonds is 9. The number of nitriles is 1. The molecule has 1 N–H and O–H groups in total. The van der Waals surface area contributed by atoms with Crippen LogP contribution in [0, 0.1) is 17.2 Å². The van der Waals surface area contributed by atoms with Crippen molar-refractivity contribution in [3.05, 3.63) is 77.4 Å². The first-order valence-corrected chi connectivity index (χ1v) is 11.1. The molecule has 0 unspecified atom stereocenters. The fraction of sp³-hybridized carbons (Fsp3) is 0.222. The average molecular weight is 488 g/mol. The van der Waals surface area contributed by atoms with Gasteiger partial charge in [0.25, 0.3) is 17.7 Å². The van der Waals surface area contributed by atoms with Crippen LogP contribution in [0.3, 0.4) is 0 Å². The largest absolute Gasteiger partial charge is 0.493 e. The Hall–Kier alpha value is -4.71. The van der Waals surface area contributed by atoms with Crippen LogP contribution < -0.4 is 14.8 Å². The van der Waals surface area contributed by atoms with Gasteiger partial charge in [0.15, 0.2) is 11.5 Å². The van der Waals surface area contributed by atoms with Gasteiger partial charge < -0.3 is 14.8 Å². The van der Waals surface area contributed by atoms with Crippen molar-refractivity contribution in [3.8, 4) is 17.6 Å². The fourth-order valence-corrected chi connectivity index (χ4v) is 3.74. The van der Waals surface area contributed by atoms with Crippen molar-refractivity contribution in [2.75, 3.05) is 13.7 Å². The molecule has 184 valence electrons. The van der Waals surface area contributed by atoms with Crippen LogP contribution in [0.15, 0.2) is 60.7 Å². The number of hydrogen-bond acceptors (Lipinski definition) is 7. The number of nitrogens with zero attached hydrogens (tertiary/aromatic N) is 2. The van der Waals surface area contributed by atoms with E-state index in [1.807, 2.05) is 6.07 Å². The van der Waals surface area contributed by atoms with E-state index in [2.05, 4.69) is 11.9 Å². The first-order chi connectivity index (χ1) is 17.2. The van der Waals surface area contributed by atoms with Crippen LogP contribution in [0.4, 0.5) is 0 Å². The summed E-state index contributed by atoms with van der Waals surface area (Å²) in [7, 11) is 1.37. The number of amides is 3. The lowest BCUT2D eigenvalue weighted by Gasteiger charge is -2.27. The van der Waals surface area contributed by atoms with Gasteiger partial charge in [-0.15, -0.1) is 6.58 Å². The predicted octanol–water partition coefficient (Wildman–Crippen LogP) is 3.13. The van der Waals surface area contributed by atoms with Gasteiger partial charge in [-0.2, -0.15) is 5.26 Å². The molecule has 2 aromatic rings. The molecule has 36 heavy (non-hydrogen) atoms. The molecular formula is C27H25N3O6. The molecule has 0 bridgehead atoms. The minimum absolute atomic E-state index is 0.0523. The maximum absolute atomic E-state index is 13.2. The molecule has 0 saturated heterocycles. The van der Waals surface area contributed by atoms with Crippen molar-refractivity contribution in [2.24, 2.45) is 5.92 Å². The number of carbonyl (C=O) groups excluding carboxylic acids is 4. The Morgan fingerprint density at radius 3 is 2.28 bits per heavy atom. The maximum atomic E-state index is 13.2. The zero-order chi connectivity index (χ0) is 26.4. The molecule has 0 radical (unpaired) electrons. The van der Waals surface area contributed by atoms with Crippen molar-refractivity contribution in [1.29, 1.82) is 5.26 Å². The molecule has 0 saturated carbocycles. The number of nitrogens with one attached hydrogen (secondary N) is 1. The molecule has 1 heterocycles. The number of esters is 1. The molecule has 9 heteroatoms. The predicted molar refractivity (Wildman–Crippen MR) is 131 cm³/mol. The second kappa shape index (κ2) is 11.1. The lowest BCUT2D eigenvalue weighted by Crippen LogP contribution is -2.49. The van der Waals surface area contributed by atoms with E-state index in [4.69, 9.17) is 9.47 Å². The summed E-state index contributed by atoms with van der Waals surface area (Å²) < 4.78 is 10.9. The smallest absolute Gasteiger partial charge is 0.335 e. The molecule has 1 aliphatic rings. The van der Waals surface area contributed by atoms with Crippen molar-refractivity contribution >= 4 is 29.8 Å². The SMILES string of the molecule is C=CCNC(=O)/C(C#N)=C/c1ccc(OC(=O)[C@H](C(C)C)N2C(=O)c3ccccc3C2=O)c(OC)c1. The highest BCUT2D eigenvalue weighted by molar-refractivity contribution is 6.22. The number of benzene rings is 2. The lowest BCUT2D eigenvalue weighted by atomic mass is 10.0. The third-order valence-corrected chi connectivity index (χ3v) is 5.46. The minimum Gasteiger partial charge on any atom is -0.493 e. The van der Waals surface area contributed by atoms with Crippen LogP contribution in [0.2, 0.25) is 0 Å². The topological polar surface area (TPSA) is 126 Å². The summed E-state index contributed by atoms with van der Waals surface area (Å²) in [6, 6.07) is 11.5. The number of ether oxygens (including phenoxy) is 2. The van der Waals surface area contributed by atoms with Gasteiger partial charge in [-0.3, -0.25) is 19.3 Å². The zero-order valence-corrected chi connectivity index (χ0v) is 20.1. The van der Waals surface area contributed by atoms with Crippen LogP contribution in [-0.2, 0) is 9.59 Å². The number of carbonyl (C=O) groups is 4. The van der Waals surface area contributed by atoms with Gasteiger partial charge in [-0.05, 0) is 41.8 Å².